The van der Waals surface area contributed by atoms with Crippen LogP contribution in [0.25, 0.3) is 0 Å². The largest absolute Gasteiger partial charge is 0.468 e. The summed E-state index contributed by atoms with van der Waals surface area (Å²) < 4.78 is 4.68. The Kier molecular flexibility index (Phi) is 5.94. The zero-order valence-corrected chi connectivity index (χ0v) is 8.67. The van der Waals surface area contributed by atoms with Crippen LogP contribution in [-0.2, 0) is 9.53 Å². The molecule has 0 N–H and O–H groups in total. The van der Waals surface area contributed by atoms with Gasteiger partial charge in [-0.15, -0.1) is 6.58 Å². The number of rotatable bonds is 5. The fraction of sp³-hybridized carbons (Fsp3) is 0.545. The molecule has 0 aliphatic carbocycles. The van der Waals surface area contributed by atoms with Crippen LogP contribution in [0, 0.1) is 5.92 Å². The molecule has 1 unspecified atom stereocenters. The van der Waals surface area contributed by atoms with Crippen LogP contribution in [0.1, 0.15) is 26.7 Å². The Balaban J connectivity index is 4.62. The van der Waals surface area contributed by atoms with Gasteiger partial charge in [-0.2, -0.15) is 0 Å². The van der Waals surface area contributed by atoms with Crippen molar-refractivity contribution in [3.8, 4) is 0 Å². The van der Waals surface area contributed by atoms with E-state index in [4.69, 9.17) is 0 Å². The first-order valence-electron chi connectivity index (χ1n) is 4.60. The summed E-state index contributed by atoms with van der Waals surface area (Å²) in [6.45, 7) is 7.72. The SMILES string of the molecule is C=CC(C(=O)OC)/C(=C/CC)CC. The highest BCUT2D eigenvalue weighted by molar-refractivity contribution is 5.77. The van der Waals surface area contributed by atoms with Crippen LogP contribution in [0.15, 0.2) is 24.3 Å². The van der Waals surface area contributed by atoms with E-state index in [9.17, 15) is 4.79 Å². The van der Waals surface area contributed by atoms with Crippen LogP contribution in [0.3, 0.4) is 0 Å². The summed E-state index contributed by atoms with van der Waals surface area (Å²) in [5, 5.41) is 0. The molecule has 0 saturated carbocycles. The van der Waals surface area contributed by atoms with Crippen molar-refractivity contribution in [2.24, 2.45) is 5.92 Å². The number of ether oxygens (including phenoxy) is 1. The van der Waals surface area contributed by atoms with E-state index in [1.54, 1.807) is 6.08 Å². The lowest BCUT2D eigenvalue weighted by atomic mass is 9.96. The minimum absolute atomic E-state index is 0.225. The van der Waals surface area contributed by atoms with Gasteiger partial charge in [-0.05, 0) is 12.8 Å². The molecule has 0 fully saturated rings. The van der Waals surface area contributed by atoms with Crippen LogP contribution in [0.2, 0.25) is 0 Å². The molecular formula is C11H18O2. The van der Waals surface area contributed by atoms with Crippen LogP contribution >= 0.6 is 0 Å². The highest BCUT2D eigenvalue weighted by Gasteiger charge is 2.18. The lowest BCUT2D eigenvalue weighted by molar-refractivity contribution is -0.142. The van der Waals surface area contributed by atoms with Crippen LogP contribution in [0.4, 0.5) is 0 Å². The third kappa shape index (κ3) is 3.45. The smallest absolute Gasteiger partial charge is 0.316 e. The summed E-state index contributed by atoms with van der Waals surface area (Å²) in [7, 11) is 1.40. The number of carbonyl (C=O) groups excluding carboxylic acids is 1. The molecule has 0 radical (unpaired) electrons. The molecule has 0 rings (SSSR count). The fourth-order valence-corrected chi connectivity index (χ4v) is 1.28. The molecule has 0 aliphatic heterocycles. The number of esters is 1. The lowest BCUT2D eigenvalue weighted by Crippen LogP contribution is -2.15. The maximum atomic E-state index is 11.3. The van der Waals surface area contributed by atoms with Gasteiger partial charge in [0.05, 0.1) is 13.0 Å². The molecule has 13 heavy (non-hydrogen) atoms. The van der Waals surface area contributed by atoms with Gasteiger partial charge >= 0.3 is 5.97 Å². The molecule has 74 valence electrons. The van der Waals surface area contributed by atoms with E-state index in [0.29, 0.717) is 0 Å². The van der Waals surface area contributed by atoms with E-state index in [1.165, 1.54) is 7.11 Å². The second-order valence-electron chi connectivity index (χ2n) is 2.78. The van der Waals surface area contributed by atoms with Crippen LogP contribution in [-0.4, -0.2) is 13.1 Å². The average molecular weight is 182 g/mol. The van der Waals surface area contributed by atoms with Crippen LogP contribution in [0.5, 0.6) is 0 Å². The third-order valence-corrected chi connectivity index (χ3v) is 1.96. The Bertz CT molecular complexity index is 204. The van der Waals surface area contributed by atoms with Gasteiger partial charge in [0, 0.05) is 0 Å². The van der Waals surface area contributed by atoms with Gasteiger partial charge in [-0.1, -0.05) is 31.6 Å². The molecule has 0 saturated heterocycles. The van der Waals surface area contributed by atoms with Crippen molar-refractivity contribution in [3.05, 3.63) is 24.3 Å². The minimum atomic E-state index is -0.269. The van der Waals surface area contributed by atoms with Gasteiger partial charge in [-0.3, -0.25) is 4.79 Å². The van der Waals surface area contributed by atoms with E-state index >= 15 is 0 Å². The predicted octanol–water partition coefficient (Wildman–Crippen LogP) is 2.71. The highest BCUT2D eigenvalue weighted by atomic mass is 16.5. The number of methoxy groups -OCH3 is 1. The maximum absolute atomic E-state index is 11.3. The molecule has 0 aromatic carbocycles. The van der Waals surface area contributed by atoms with Crippen molar-refractivity contribution >= 4 is 5.97 Å². The summed E-state index contributed by atoms with van der Waals surface area (Å²) in [6.07, 6.45) is 5.49. The maximum Gasteiger partial charge on any atom is 0.316 e. The van der Waals surface area contributed by atoms with Crippen molar-refractivity contribution in [1.29, 1.82) is 0 Å². The summed E-state index contributed by atoms with van der Waals surface area (Å²) >= 11 is 0. The van der Waals surface area contributed by atoms with Gasteiger partial charge in [-0.25, -0.2) is 0 Å². The third-order valence-electron chi connectivity index (χ3n) is 1.96. The second kappa shape index (κ2) is 6.46. The molecule has 2 heteroatoms. The van der Waals surface area contributed by atoms with Crippen molar-refractivity contribution in [1.82, 2.24) is 0 Å². The molecule has 0 aliphatic rings. The predicted molar refractivity (Wildman–Crippen MR) is 54.4 cm³/mol. The molecule has 0 bridgehead atoms. The Morgan fingerprint density at radius 1 is 1.54 bits per heavy atom. The molecular weight excluding hydrogens is 164 g/mol. The zero-order chi connectivity index (χ0) is 10.3. The second-order valence-corrected chi connectivity index (χ2v) is 2.78. The standard InChI is InChI=1S/C11H18O2/c1-5-8-9(6-2)10(7-3)11(12)13-4/h7-8,10H,3,5-6H2,1-2,4H3/b9-8+. The first-order chi connectivity index (χ1) is 6.21. The quantitative estimate of drug-likeness (QED) is 0.482. The molecule has 0 aromatic rings. The minimum Gasteiger partial charge on any atom is -0.468 e. The Hall–Kier alpha value is -1.05. The van der Waals surface area contributed by atoms with E-state index in [-0.39, 0.29) is 11.9 Å². The number of carbonyl (C=O) groups is 1. The number of hydrogen-bond acceptors (Lipinski definition) is 2. The first kappa shape index (κ1) is 11.9. The first-order valence-corrected chi connectivity index (χ1v) is 4.60. The van der Waals surface area contributed by atoms with Gasteiger partial charge < -0.3 is 4.74 Å². The molecule has 0 spiro atoms. The van der Waals surface area contributed by atoms with E-state index in [0.717, 1.165) is 18.4 Å². The Morgan fingerprint density at radius 2 is 2.15 bits per heavy atom. The van der Waals surface area contributed by atoms with Gasteiger partial charge in [0.2, 0.25) is 0 Å². The number of allylic oxidation sites excluding steroid dienone is 1. The van der Waals surface area contributed by atoms with E-state index < -0.39 is 0 Å². The van der Waals surface area contributed by atoms with Gasteiger partial charge in [0.1, 0.15) is 0 Å². The molecule has 0 amide bonds. The summed E-state index contributed by atoms with van der Waals surface area (Å²) in [5.41, 5.74) is 1.09. The number of hydrogen-bond donors (Lipinski definition) is 0. The Labute approximate surface area is 80.3 Å². The van der Waals surface area contributed by atoms with Gasteiger partial charge in [0.25, 0.3) is 0 Å². The molecule has 2 nitrogen and oxygen atoms in total. The fourth-order valence-electron chi connectivity index (χ4n) is 1.28. The lowest BCUT2D eigenvalue weighted by Gasteiger charge is -2.12. The highest BCUT2D eigenvalue weighted by Crippen LogP contribution is 2.17. The van der Waals surface area contributed by atoms with Gasteiger partial charge in [0.15, 0.2) is 0 Å². The Morgan fingerprint density at radius 3 is 2.46 bits per heavy atom. The molecule has 1 atom stereocenters. The monoisotopic (exact) mass is 182 g/mol. The molecule has 0 aromatic heterocycles. The topological polar surface area (TPSA) is 26.3 Å². The van der Waals surface area contributed by atoms with Crippen molar-refractivity contribution in [2.45, 2.75) is 26.7 Å². The summed E-state index contributed by atoms with van der Waals surface area (Å²) in [6, 6.07) is 0. The van der Waals surface area contributed by atoms with Crippen molar-refractivity contribution in [2.75, 3.05) is 7.11 Å². The molecule has 0 heterocycles. The summed E-state index contributed by atoms with van der Waals surface area (Å²) in [4.78, 5) is 11.3. The van der Waals surface area contributed by atoms with E-state index in [1.807, 2.05) is 13.8 Å². The zero-order valence-electron chi connectivity index (χ0n) is 8.67. The van der Waals surface area contributed by atoms with Crippen molar-refractivity contribution < 1.29 is 9.53 Å². The van der Waals surface area contributed by atoms with Crippen molar-refractivity contribution in [3.63, 3.8) is 0 Å². The van der Waals surface area contributed by atoms with Crippen LogP contribution < -0.4 is 0 Å². The normalized spacial score (nSPS) is 13.6. The average Bonchev–Trinajstić information content (AvgIpc) is 2.17. The van der Waals surface area contributed by atoms with E-state index in [2.05, 4.69) is 17.4 Å². The summed E-state index contributed by atoms with van der Waals surface area (Å²) in [5.74, 6) is -0.494.